The van der Waals surface area contributed by atoms with E-state index in [2.05, 4.69) is 43.3 Å². The van der Waals surface area contributed by atoms with Gasteiger partial charge in [-0.05, 0) is 17.7 Å². The van der Waals surface area contributed by atoms with E-state index in [-0.39, 0.29) is 12.1 Å². The molecule has 0 fully saturated rings. The summed E-state index contributed by atoms with van der Waals surface area (Å²) in [6.07, 6.45) is 3.75. The summed E-state index contributed by atoms with van der Waals surface area (Å²) >= 11 is 0. The largest absolute Gasteiger partial charge is 0.335 e. The number of urea groups is 1. The van der Waals surface area contributed by atoms with Gasteiger partial charge in [-0.1, -0.05) is 30.3 Å². The van der Waals surface area contributed by atoms with E-state index >= 15 is 0 Å². The van der Waals surface area contributed by atoms with Gasteiger partial charge in [-0.25, -0.2) is 9.78 Å². The summed E-state index contributed by atoms with van der Waals surface area (Å²) in [6.45, 7) is 0.525. The predicted octanol–water partition coefficient (Wildman–Crippen LogP) is 2.61. The van der Waals surface area contributed by atoms with E-state index in [4.69, 9.17) is 0 Å². The number of aromatic nitrogens is 3. The maximum Gasteiger partial charge on any atom is 0.320 e. The molecule has 6 heteroatoms. The van der Waals surface area contributed by atoms with Crippen molar-refractivity contribution in [3.63, 3.8) is 0 Å². The average Bonchev–Trinajstić information content (AvgIpc) is 2.82. The molecular formula is C17H17N5O. The minimum absolute atomic E-state index is 0.116. The van der Waals surface area contributed by atoms with Gasteiger partial charge in [0.25, 0.3) is 0 Å². The van der Waals surface area contributed by atoms with E-state index in [1.54, 1.807) is 12.3 Å². The van der Waals surface area contributed by atoms with Crippen molar-refractivity contribution in [1.82, 2.24) is 19.7 Å². The highest BCUT2D eigenvalue weighted by Crippen LogP contribution is 2.40. The molecule has 4 rings (SSSR count). The van der Waals surface area contributed by atoms with Crippen molar-refractivity contribution in [2.75, 3.05) is 11.9 Å². The lowest BCUT2D eigenvalue weighted by atomic mass is 10.0. The average molecular weight is 307 g/mol. The number of hydrogen-bond acceptors (Lipinski definition) is 2. The van der Waals surface area contributed by atoms with E-state index in [0.29, 0.717) is 12.4 Å². The maximum absolute atomic E-state index is 12.1. The molecule has 0 saturated heterocycles. The molecule has 0 aliphatic carbocycles. The van der Waals surface area contributed by atoms with Crippen LogP contribution >= 0.6 is 0 Å². The fourth-order valence-corrected chi connectivity index (χ4v) is 3.13. The molecule has 3 aromatic rings. The molecule has 1 atom stereocenters. The van der Waals surface area contributed by atoms with Crippen LogP contribution in [0.15, 0.2) is 54.9 Å². The molecule has 23 heavy (non-hydrogen) atoms. The van der Waals surface area contributed by atoms with E-state index < -0.39 is 0 Å². The summed E-state index contributed by atoms with van der Waals surface area (Å²) in [7, 11) is 2.01. The van der Waals surface area contributed by atoms with Crippen molar-refractivity contribution in [2.24, 2.45) is 7.05 Å². The van der Waals surface area contributed by atoms with Gasteiger partial charge >= 0.3 is 6.03 Å². The molecule has 1 aromatic carbocycles. The zero-order valence-electron chi connectivity index (χ0n) is 12.7. The van der Waals surface area contributed by atoms with Crippen molar-refractivity contribution in [2.45, 2.75) is 6.04 Å². The number of hydrogen-bond donors (Lipinski definition) is 2. The van der Waals surface area contributed by atoms with Crippen molar-refractivity contribution >= 4 is 11.8 Å². The summed E-state index contributed by atoms with van der Waals surface area (Å²) in [4.78, 5) is 16.1. The predicted molar refractivity (Wildman–Crippen MR) is 88.2 cm³/mol. The number of amides is 2. The monoisotopic (exact) mass is 307 g/mol. The SMILES string of the molecule is Cn1cc2n1C(CNC(=O)Nc1ccccn1)c1ccccc1-2. The van der Waals surface area contributed by atoms with E-state index in [1.165, 1.54) is 16.8 Å². The summed E-state index contributed by atoms with van der Waals surface area (Å²) in [6, 6.07) is 13.6. The third-order valence-electron chi connectivity index (χ3n) is 4.15. The lowest BCUT2D eigenvalue weighted by molar-refractivity contribution is 0.250. The Hall–Kier alpha value is -3.02. The van der Waals surface area contributed by atoms with Crippen molar-refractivity contribution in [1.29, 1.82) is 0 Å². The van der Waals surface area contributed by atoms with Gasteiger partial charge in [-0.15, -0.1) is 0 Å². The number of aryl methyl sites for hydroxylation is 1. The zero-order valence-corrected chi connectivity index (χ0v) is 12.7. The Labute approximate surface area is 133 Å². The Kier molecular flexibility index (Phi) is 3.15. The first-order valence-corrected chi connectivity index (χ1v) is 7.53. The molecule has 0 bridgehead atoms. The Balaban J connectivity index is 1.48. The molecule has 2 N–H and O–H groups in total. The maximum atomic E-state index is 12.1. The minimum Gasteiger partial charge on any atom is -0.335 e. The molecule has 2 aromatic heterocycles. The molecule has 1 unspecified atom stereocenters. The number of rotatable bonds is 3. The van der Waals surface area contributed by atoms with Crippen LogP contribution in [0.4, 0.5) is 10.6 Å². The van der Waals surface area contributed by atoms with Gasteiger partial charge in [0.2, 0.25) is 0 Å². The van der Waals surface area contributed by atoms with Crippen LogP contribution in [0.3, 0.4) is 0 Å². The van der Waals surface area contributed by atoms with Crippen LogP contribution in [-0.4, -0.2) is 26.9 Å². The molecular weight excluding hydrogens is 290 g/mol. The molecule has 1 aliphatic rings. The fourth-order valence-electron chi connectivity index (χ4n) is 3.13. The van der Waals surface area contributed by atoms with Crippen LogP contribution in [0.2, 0.25) is 0 Å². The third kappa shape index (κ3) is 2.28. The first-order valence-electron chi connectivity index (χ1n) is 7.53. The number of fused-ring (bicyclic) bond motifs is 3. The Morgan fingerprint density at radius 3 is 2.83 bits per heavy atom. The quantitative estimate of drug-likeness (QED) is 0.781. The lowest BCUT2D eigenvalue weighted by Gasteiger charge is -2.24. The second-order valence-electron chi connectivity index (χ2n) is 5.59. The Morgan fingerprint density at radius 2 is 2.04 bits per heavy atom. The van der Waals surface area contributed by atoms with Gasteiger partial charge < -0.3 is 5.32 Å². The van der Waals surface area contributed by atoms with Gasteiger partial charge in [-0.3, -0.25) is 14.7 Å². The van der Waals surface area contributed by atoms with Gasteiger partial charge in [0, 0.05) is 31.5 Å². The highest BCUT2D eigenvalue weighted by atomic mass is 16.2. The highest BCUT2D eigenvalue weighted by Gasteiger charge is 2.31. The fraction of sp³-hybridized carbons (Fsp3) is 0.176. The van der Waals surface area contributed by atoms with E-state index in [9.17, 15) is 4.79 Å². The summed E-state index contributed by atoms with van der Waals surface area (Å²) in [5.41, 5.74) is 3.68. The molecule has 1 aliphatic heterocycles. The van der Waals surface area contributed by atoms with Crippen LogP contribution in [0.1, 0.15) is 11.6 Å². The highest BCUT2D eigenvalue weighted by molar-refractivity contribution is 5.88. The van der Waals surface area contributed by atoms with Crippen LogP contribution in [-0.2, 0) is 7.05 Å². The molecule has 3 heterocycles. The van der Waals surface area contributed by atoms with Gasteiger partial charge in [0.15, 0.2) is 0 Å². The molecule has 0 radical (unpaired) electrons. The van der Waals surface area contributed by atoms with Crippen LogP contribution < -0.4 is 10.6 Å². The summed E-state index contributed by atoms with van der Waals surface area (Å²) in [5.74, 6) is 0.540. The minimum atomic E-state index is -0.248. The second kappa shape index (κ2) is 5.31. The first kappa shape index (κ1) is 13.6. The van der Waals surface area contributed by atoms with Crippen molar-refractivity contribution in [3.05, 3.63) is 60.4 Å². The smallest absolute Gasteiger partial charge is 0.320 e. The van der Waals surface area contributed by atoms with Crippen LogP contribution in [0.25, 0.3) is 11.3 Å². The molecule has 6 nitrogen and oxygen atoms in total. The number of carbonyl (C=O) groups excluding carboxylic acids is 1. The van der Waals surface area contributed by atoms with Gasteiger partial charge in [0.05, 0.1) is 11.7 Å². The number of nitrogens with zero attached hydrogens (tertiary/aromatic N) is 3. The number of benzene rings is 1. The Morgan fingerprint density at radius 1 is 1.22 bits per heavy atom. The zero-order chi connectivity index (χ0) is 15.8. The molecule has 0 saturated carbocycles. The number of pyridine rings is 1. The van der Waals surface area contributed by atoms with Gasteiger partial charge in [-0.2, -0.15) is 0 Å². The third-order valence-corrected chi connectivity index (χ3v) is 4.15. The number of anilines is 1. The van der Waals surface area contributed by atoms with E-state index in [0.717, 1.165) is 0 Å². The topological polar surface area (TPSA) is 63.9 Å². The Bertz CT molecular complexity index is 849. The standard InChI is InChI=1S/C17H17N5O/c1-21-11-15-13-7-3-2-6-12(13)14(22(15)21)10-19-17(23)20-16-8-4-5-9-18-16/h2-9,11,14H,10H2,1H3,(H2,18,19,20,23). The lowest BCUT2D eigenvalue weighted by Crippen LogP contribution is -2.36. The number of nitrogens with one attached hydrogen (secondary N) is 2. The van der Waals surface area contributed by atoms with Crippen molar-refractivity contribution in [3.8, 4) is 11.3 Å². The normalized spacial score (nSPS) is 15.1. The van der Waals surface area contributed by atoms with Gasteiger partial charge in [0.1, 0.15) is 5.82 Å². The summed E-state index contributed by atoms with van der Waals surface area (Å²) < 4.78 is 4.25. The second-order valence-corrected chi connectivity index (χ2v) is 5.59. The van der Waals surface area contributed by atoms with Crippen LogP contribution in [0.5, 0.6) is 0 Å². The van der Waals surface area contributed by atoms with Crippen LogP contribution in [0, 0.1) is 0 Å². The van der Waals surface area contributed by atoms with E-state index in [1.807, 2.05) is 31.3 Å². The molecule has 0 spiro atoms. The number of carbonyl (C=O) groups is 1. The van der Waals surface area contributed by atoms with Crippen molar-refractivity contribution < 1.29 is 4.79 Å². The summed E-state index contributed by atoms with van der Waals surface area (Å²) in [5, 5.41) is 5.67. The molecule has 116 valence electrons. The first-order chi connectivity index (χ1) is 11.2. The molecule has 2 amide bonds.